The van der Waals surface area contributed by atoms with Crippen molar-refractivity contribution in [2.24, 2.45) is 5.92 Å². The Balaban J connectivity index is 0.00000157. The second-order valence-corrected chi connectivity index (χ2v) is 9.65. The number of aromatic nitrogens is 1. The molecule has 1 amide bonds. The van der Waals surface area contributed by atoms with Gasteiger partial charge in [0.1, 0.15) is 5.75 Å². The van der Waals surface area contributed by atoms with Crippen molar-refractivity contribution < 1.29 is 15.7 Å². The number of rotatable bonds is 10. The number of nitrogens with one attached hydrogen (secondary N) is 1. The maximum absolute atomic E-state index is 12.5. The highest BCUT2D eigenvalue weighted by Gasteiger charge is 2.21. The molecule has 2 fully saturated rings. The van der Waals surface area contributed by atoms with Crippen LogP contribution in [-0.2, 0) is 16.0 Å². The van der Waals surface area contributed by atoms with Crippen molar-refractivity contribution in [1.29, 1.82) is 0 Å². The minimum atomic E-state index is 0. The Morgan fingerprint density at radius 3 is 2.44 bits per heavy atom. The Morgan fingerprint density at radius 1 is 1.08 bits per heavy atom. The summed E-state index contributed by atoms with van der Waals surface area (Å²) in [6.45, 7) is 11.6. The Morgan fingerprint density at radius 2 is 1.78 bits per heavy atom. The van der Waals surface area contributed by atoms with Crippen molar-refractivity contribution >= 4 is 5.91 Å². The van der Waals surface area contributed by atoms with E-state index in [2.05, 4.69) is 34.3 Å². The van der Waals surface area contributed by atoms with Gasteiger partial charge in [0.05, 0.1) is 26.2 Å². The van der Waals surface area contributed by atoms with Crippen LogP contribution in [0.1, 0.15) is 66.4 Å². The molecule has 2 aromatic rings. The van der Waals surface area contributed by atoms with Crippen LogP contribution in [0.2, 0.25) is 0 Å². The van der Waals surface area contributed by atoms with E-state index in [1.54, 1.807) is 0 Å². The van der Waals surface area contributed by atoms with Gasteiger partial charge in [-0.2, -0.15) is 0 Å². The maximum atomic E-state index is 12.5. The lowest BCUT2D eigenvalue weighted by Gasteiger charge is -2.28. The quantitative estimate of drug-likeness (QED) is 0.424. The number of carbonyl (C=O) groups excluding carboxylic acids is 1. The summed E-state index contributed by atoms with van der Waals surface area (Å²) >= 11 is 0. The second kappa shape index (κ2) is 15.6. The van der Waals surface area contributed by atoms with Crippen LogP contribution in [0, 0.1) is 5.92 Å². The Hall–Kier alpha value is -2.44. The molecular formula is C30H47N3O3. The molecule has 200 valence electrons. The van der Waals surface area contributed by atoms with Gasteiger partial charge in [-0.3, -0.25) is 14.7 Å². The molecule has 2 aliphatic rings. The molecule has 1 aromatic heterocycles. The molecule has 36 heavy (non-hydrogen) atoms. The fraction of sp³-hybridized carbons (Fsp3) is 0.600. The summed E-state index contributed by atoms with van der Waals surface area (Å²) in [5.74, 6) is 1.57. The first kappa shape index (κ1) is 28.1. The van der Waals surface area contributed by atoms with Crippen molar-refractivity contribution in [3.8, 4) is 16.9 Å². The molecule has 6 nitrogen and oxygen atoms in total. The normalized spacial score (nSPS) is 17.5. The van der Waals surface area contributed by atoms with E-state index in [0.717, 1.165) is 61.8 Å². The number of hydrogen-bond donors (Lipinski definition) is 1. The summed E-state index contributed by atoms with van der Waals surface area (Å²) < 4.78 is 11.3. The summed E-state index contributed by atoms with van der Waals surface area (Å²) in [5, 5.41) is 3.19. The van der Waals surface area contributed by atoms with Gasteiger partial charge >= 0.3 is 0 Å². The van der Waals surface area contributed by atoms with E-state index >= 15 is 0 Å². The minimum Gasteiger partial charge on any atom is -0.494 e. The van der Waals surface area contributed by atoms with Crippen LogP contribution in [0.4, 0.5) is 0 Å². The number of nitrogens with zero attached hydrogens (tertiary/aromatic N) is 2. The van der Waals surface area contributed by atoms with Crippen LogP contribution >= 0.6 is 0 Å². The first-order chi connectivity index (χ1) is 17.7. The number of benzene rings is 1. The van der Waals surface area contributed by atoms with Crippen molar-refractivity contribution in [3.63, 3.8) is 0 Å². The van der Waals surface area contributed by atoms with Gasteiger partial charge in [0.15, 0.2) is 0 Å². The van der Waals surface area contributed by atoms with Crippen LogP contribution in [0.5, 0.6) is 5.75 Å². The van der Waals surface area contributed by atoms with Crippen molar-refractivity contribution in [3.05, 3.63) is 48.3 Å². The standard InChI is InChI=1S/C28H39N3O3.C2H6.H2/c1-22(23-6-3-2-4-7-23)30-28(32)20-26-11-8-25(21-29-26)24-9-12-27(13-10-24)34-17-5-14-31-15-18-33-19-16-31;1-2;/h8-13,21-23H,2-7,14-20H2,1H3,(H,30,32);1-2H3;1H/t22-;;/m1../s1. The molecule has 6 heteroatoms. The second-order valence-electron chi connectivity index (χ2n) is 9.65. The summed E-state index contributed by atoms with van der Waals surface area (Å²) in [6, 6.07) is 12.4. The largest absolute Gasteiger partial charge is 0.494 e. The monoisotopic (exact) mass is 497 g/mol. The van der Waals surface area contributed by atoms with Crippen LogP contribution in [0.25, 0.3) is 11.1 Å². The van der Waals surface area contributed by atoms with Crippen LogP contribution in [0.15, 0.2) is 42.6 Å². The lowest BCUT2D eigenvalue weighted by atomic mass is 9.84. The predicted octanol–water partition coefficient (Wildman–Crippen LogP) is 5.75. The van der Waals surface area contributed by atoms with Gasteiger partial charge in [0.25, 0.3) is 0 Å². The zero-order valence-electron chi connectivity index (χ0n) is 22.5. The zero-order chi connectivity index (χ0) is 25.6. The first-order valence-electron chi connectivity index (χ1n) is 13.9. The van der Waals surface area contributed by atoms with E-state index in [1.165, 1.54) is 32.1 Å². The summed E-state index contributed by atoms with van der Waals surface area (Å²) in [7, 11) is 0. The maximum Gasteiger partial charge on any atom is 0.226 e. The number of carbonyl (C=O) groups is 1. The van der Waals surface area contributed by atoms with E-state index in [1.807, 2.05) is 44.3 Å². The molecule has 0 radical (unpaired) electrons. The molecule has 4 rings (SSSR count). The zero-order valence-corrected chi connectivity index (χ0v) is 22.5. The minimum absolute atomic E-state index is 0. The molecule has 0 unspecified atom stereocenters. The number of pyridine rings is 1. The van der Waals surface area contributed by atoms with Gasteiger partial charge in [0.2, 0.25) is 5.91 Å². The molecule has 1 aromatic carbocycles. The smallest absolute Gasteiger partial charge is 0.226 e. The van der Waals surface area contributed by atoms with Gasteiger partial charge in [-0.25, -0.2) is 0 Å². The van der Waals surface area contributed by atoms with Gasteiger partial charge in [-0.15, -0.1) is 0 Å². The molecule has 0 spiro atoms. The Bertz CT molecular complexity index is 880. The highest BCUT2D eigenvalue weighted by atomic mass is 16.5. The van der Waals surface area contributed by atoms with Gasteiger partial charge < -0.3 is 14.8 Å². The topological polar surface area (TPSA) is 63.7 Å². The fourth-order valence-corrected chi connectivity index (χ4v) is 4.97. The van der Waals surface area contributed by atoms with Crippen LogP contribution in [-0.4, -0.2) is 61.3 Å². The molecule has 1 saturated carbocycles. The lowest BCUT2D eigenvalue weighted by molar-refractivity contribution is -0.121. The first-order valence-corrected chi connectivity index (χ1v) is 13.9. The van der Waals surface area contributed by atoms with Gasteiger partial charge in [0, 0.05) is 44.6 Å². The number of morpholine rings is 1. The Kier molecular flexibility index (Phi) is 12.2. The summed E-state index contributed by atoms with van der Waals surface area (Å²) in [6.07, 6.45) is 9.56. The molecule has 0 bridgehead atoms. The third kappa shape index (κ3) is 9.21. The molecule has 1 atom stereocenters. The van der Waals surface area contributed by atoms with Crippen LogP contribution in [0.3, 0.4) is 0 Å². The van der Waals surface area contributed by atoms with Gasteiger partial charge in [-0.05, 0) is 55.9 Å². The van der Waals surface area contributed by atoms with E-state index in [9.17, 15) is 4.79 Å². The Labute approximate surface area is 219 Å². The van der Waals surface area contributed by atoms with Crippen LogP contribution < -0.4 is 10.1 Å². The average Bonchev–Trinajstić information content (AvgIpc) is 2.94. The molecular weight excluding hydrogens is 450 g/mol. The molecule has 2 heterocycles. The lowest BCUT2D eigenvalue weighted by Crippen LogP contribution is -2.39. The molecule has 1 saturated heterocycles. The van der Waals surface area contributed by atoms with Crippen molar-refractivity contribution in [2.75, 3.05) is 39.5 Å². The van der Waals surface area contributed by atoms with Crippen molar-refractivity contribution in [2.45, 2.75) is 71.8 Å². The van der Waals surface area contributed by atoms with E-state index in [0.29, 0.717) is 18.9 Å². The molecule has 1 aliphatic carbocycles. The number of amides is 1. The number of ether oxygens (including phenoxy) is 2. The summed E-state index contributed by atoms with van der Waals surface area (Å²) in [5.41, 5.74) is 2.94. The highest BCUT2D eigenvalue weighted by molar-refractivity contribution is 5.78. The SMILES string of the molecule is CC.C[C@@H](NC(=O)Cc1ccc(-c2ccc(OCCCN3CCOCC3)cc2)cn1)C1CCCCC1.[HH]. The highest BCUT2D eigenvalue weighted by Crippen LogP contribution is 2.26. The number of hydrogen-bond acceptors (Lipinski definition) is 5. The average molecular weight is 498 g/mol. The predicted molar refractivity (Wildman–Crippen MR) is 148 cm³/mol. The van der Waals surface area contributed by atoms with E-state index < -0.39 is 0 Å². The summed E-state index contributed by atoms with van der Waals surface area (Å²) in [4.78, 5) is 19.4. The van der Waals surface area contributed by atoms with Crippen molar-refractivity contribution in [1.82, 2.24) is 15.2 Å². The third-order valence-electron chi connectivity index (χ3n) is 7.09. The third-order valence-corrected chi connectivity index (χ3v) is 7.09. The van der Waals surface area contributed by atoms with E-state index in [-0.39, 0.29) is 13.4 Å². The fourth-order valence-electron chi connectivity index (χ4n) is 4.97. The van der Waals surface area contributed by atoms with Gasteiger partial charge in [-0.1, -0.05) is 51.3 Å². The van der Waals surface area contributed by atoms with E-state index in [4.69, 9.17) is 9.47 Å². The molecule has 1 aliphatic heterocycles. The molecule has 1 N–H and O–H groups in total.